The van der Waals surface area contributed by atoms with Crippen molar-refractivity contribution in [1.82, 2.24) is 4.57 Å². The fourth-order valence-electron chi connectivity index (χ4n) is 9.03. The van der Waals surface area contributed by atoms with E-state index in [0.29, 0.717) is 0 Å². The minimum absolute atomic E-state index is 1.09. The topological polar surface area (TPSA) is 8.17 Å². The number of aromatic nitrogens is 1. The van der Waals surface area contributed by atoms with Crippen LogP contribution in [0.2, 0.25) is 0 Å². The first kappa shape index (κ1) is 36.8. The van der Waals surface area contributed by atoms with Crippen LogP contribution in [0.4, 0.5) is 17.1 Å². The molecule has 11 aromatic rings. The van der Waals surface area contributed by atoms with E-state index < -0.39 is 0 Å². The molecule has 0 N–H and O–H groups in total. The first-order valence-corrected chi connectivity index (χ1v) is 21.3. The molecular weight excluding hydrogens is 749 g/mol. The van der Waals surface area contributed by atoms with E-state index in [0.717, 1.165) is 28.3 Å². The van der Waals surface area contributed by atoms with Gasteiger partial charge in [-0.15, -0.1) is 0 Å². The molecule has 1 aromatic heterocycles. The van der Waals surface area contributed by atoms with Gasteiger partial charge in [-0.05, 0) is 105 Å². The smallest absolute Gasteiger partial charge is 0.0547 e. The molecule has 0 spiro atoms. The second-order valence-corrected chi connectivity index (χ2v) is 15.7. The van der Waals surface area contributed by atoms with Gasteiger partial charge in [0.1, 0.15) is 0 Å². The Morgan fingerprint density at radius 2 is 0.726 bits per heavy atom. The van der Waals surface area contributed by atoms with Crippen LogP contribution in [0.1, 0.15) is 0 Å². The maximum atomic E-state index is 2.41. The molecule has 2 nitrogen and oxygen atoms in total. The van der Waals surface area contributed by atoms with Gasteiger partial charge < -0.3 is 9.47 Å². The average Bonchev–Trinajstić information content (AvgIpc) is 3.70. The minimum atomic E-state index is 1.09. The van der Waals surface area contributed by atoms with Crippen molar-refractivity contribution < 1.29 is 0 Å². The molecule has 0 radical (unpaired) electrons. The highest BCUT2D eigenvalue weighted by Gasteiger charge is 2.20. The molecule has 0 unspecified atom stereocenters. The van der Waals surface area contributed by atoms with Gasteiger partial charge in [0.15, 0.2) is 0 Å². The molecule has 0 aliphatic rings. The summed E-state index contributed by atoms with van der Waals surface area (Å²) in [4.78, 5) is 2.41. The van der Waals surface area contributed by atoms with Crippen molar-refractivity contribution >= 4 is 38.9 Å². The summed E-state index contributed by atoms with van der Waals surface area (Å²) in [6.07, 6.45) is 0. The highest BCUT2D eigenvalue weighted by Crippen LogP contribution is 2.44. The molecule has 2 heteroatoms. The summed E-state index contributed by atoms with van der Waals surface area (Å²) in [5.74, 6) is 0. The third-order valence-corrected chi connectivity index (χ3v) is 12.0. The second kappa shape index (κ2) is 16.1. The maximum absolute atomic E-state index is 2.41. The van der Waals surface area contributed by atoms with E-state index in [1.165, 1.54) is 71.9 Å². The molecular formula is C60H42N2. The summed E-state index contributed by atoms with van der Waals surface area (Å²) < 4.78 is 2.41. The summed E-state index contributed by atoms with van der Waals surface area (Å²) in [5.41, 5.74) is 18.7. The fraction of sp³-hybridized carbons (Fsp3) is 0. The van der Waals surface area contributed by atoms with Gasteiger partial charge in [0, 0.05) is 33.4 Å². The normalized spacial score (nSPS) is 11.2. The van der Waals surface area contributed by atoms with E-state index in [2.05, 4.69) is 264 Å². The molecule has 11 rings (SSSR count). The lowest BCUT2D eigenvalue weighted by Crippen LogP contribution is -2.11. The van der Waals surface area contributed by atoms with Crippen molar-refractivity contribution in [3.63, 3.8) is 0 Å². The molecule has 292 valence electrons. The van der Waals surface area contributed by atoms with Crippen LogP contribution in [0.5, 0.6) is 0 Å². The van der Waals surface area contributed by atoms with Crippen LogP contribution in [0, 0.1) is 0 Å². The predicted octanol–water partition coefficient (Wildman–Crippen LogP) is 16.6. The first-order chi connectivity index (χ1) is 30.8. The van der Waals surface area contributed by atoms with Crippen molar-refractivity contribution in [2.24, 2.45) is 0 Å². The van der Waals surface area contributed by atoms with Crippen LogP contribution in [0.3, 0.4) is 0 Å². The SMILES string of the molecule is c1ccc(-c2ccc(-c3ccc(N(c4cccc(-c5cccc6c5c5ccccc5n6-c5ccc(-c6ccccc6)cc5)c4)c4ccccc4-c4ccccc4)cc3)cc2)cc1. The number of nitrogens with zero attached hydrogens (tertiary/aromatic N) is 2. The largest absolute Gasteiger partial charge is 0.310 e. The number of benzene rings is 10. The fourth-order valence-corrected chi connectivity index (χ4v) is 9.03. The molecule has 62 heavy (non-hydrogen) atoms. The Hall–Kier alpha value is -8.20. The highest BCUT2D eigenvalue weighted by molar-refractivity contribution is 6.16. The Balaban J connectivity index is 1.03. The van der Waals surface area contributed by atoms with Crippen LogP contribution in [-0.2, 0) is 0 Å². The Labute approximate surface area is 362 Å². The zero-order valence-corrected chi connectivity index (χ0v) is 34.1. The van der Waals surface area contributed by atoms with E-state index in [-0.39, 0.29) is 0 Å². The van der Waals surface area contributed by atoms with Gasteiger partial charge in [-0.25, -0.2) is 0 Å². The summed E-state index contributed by atoms with van der Waals surface area (Å²) in [5, 5.41) is 2.47. The van der Waals surface area contributed by atoms with E-state index in [9.17, 15) is 0 Å². The Morgan fingerprint density at radius 3 is 1.37 bits per heavy atom. The van der Waals surface area contributed by atoms with Gasteiger partial charge in [0.2, 0.25) is 0 Å². The lowest BCUT2D eigenvalue weighted by Gasteiger charge is -2.28. The molecule has 0 bridgehead atoms. The highest BCUT2D eigenvalue weighted by atomic mass is 15.1. The van der Waals surface area contributed by atoms with Crippen molar-refractivity contribution in [3.8, 4) is 61.3 Å². The third kappa shape index (κ3) is 6.84. The van der Waals surface area contributed by atoms with Crippen LogP contribution in [0.25, 0.3) is 83.1 Å². The first-order valence-electron chi connectivity index (χ1n) is 21.3. The van der Waals surface area contributed by atoms with E-state index in [1.807, 2.05) is 0 Å². The average molecular weight is 791 g/mol. The lowest BCUT2D eigenvalue weighted by atomic mass is 9.97. The standard InChI is InChI=1S/C60H42N2/c1-4-16-43(17-5-1)45-30-32-46(33-31-45)48-34-38-51(39-35-48)61(57-27-12-10-24-54(57)49-20-8-3-9-21-49)53-23-14-22-50(42-53)55-26-15-29-59-60(55)56-25-11-13-28-58(56)62(59)52-40-36-47(37-41-52)44-18-6-2-7-19-44/h1-42H. The molecule has 10 aromatic carbocycles. The second-order valence-electron chi connectivity index (χ2n) is 15.7. The van der Waals surface area contributed by atoms with Crippen molar-refractivity contribution in [3.05, 3.63) is 255 Å². The Morgan fingerprint density at radius 1 is 0.274 bits per heavy atom. The molecule has 0 amide bonds. The molecule has 0 fully saturated rings. The zero-order valence-electron chi connectivity index (χ0n) is 34.1. The van der Waals surface area contributed by atoms with E-state index >= 15 is 0 Å². The van der Waals surface area contributed by atoms with Gasteiger partial charge in [0.05, 0.1) is 16.7 Å². The van der Waals surface area contributed by atoms with Crippen molar-refractivity contribution in [2.75, 3.05) is 4.90 Å². The molecule has 0 atom stereocenters. The van der Waals surface area contributed by atoms with Gasteiger partial charge in [-0.3, -0.25) is 0 Å². The summed E-state index contributed by atoms with van der Waals surface area (Å²) in [6, 6.07) is 92.0. The van der Waals surface area contributed by atoms with Crippen LogP contribution in [0.15, 0.2) is 255 Å². The van der Waals surface area contributed by atoms with Crippen LogP contribution < -0.4 is 4.90 Å². The lowest BCUT2D eigenvalue weighted by molar-refractivity contribution is 1.18. The van der Waals surface area contributed by atoms with E-state index in [1.54, 1.807) is 0 Å². The number of rotatable bonds is 9. The van der Waals surface area contributed by atoms with Crippen LogP contribution in [-0.4, -0.2) is 4.57 Å². The molecule has 0 saturated heterocycles. The van der Waals surface area contributed by atoms with Gasteiger partial charge in [-0.2, -0.15) is 0 Å². The number of fused-ring (bicyclic) bond motifs is 3. The molecule has 1 heterocycles. The van der Waals surface area contributed by atoms with Crippen molar-refractivity contribution in [2.45, 2.75) is 0 Å². The number of para-hydroxylation sites is 2. The monoisotopic (exact) mass is 790 g/mol. The quantitative estimate of drug-likeness (QED) is 0.141. The summed E-state index contributed by atoms with van der Waals surface area (Å²) >= 11 is 0. The van der Waals surface area contributed by atoms with Crippen molar-refractivity contribution in [1.29, 1.82) is 0 Å². The number of anilines is 3. The number of hydrogen-bond acceptors (Lipinski definition) is 1. The van der Waals surface area contributed by atoms with Gasteiger partial charge >= 0.3 is 0 Å². The maximum Gasteiger partial charge on any atom is 0.0547 e. The predicted molar refractivity (Wildman–Crippen MR) is 263 cm³/mol. The molecule has 0 aliphatic heterocycles. The van der Waals surface area contributed by atoms with Crippen LogP contribution >= 0.6 is 0 Å². The van der Waals surface area contributed by atoms with Gasteiger partial charge in [-0.1, -0.05) is 200 Å². The minimum Gasteiger partial charge on any atom is -0.310 e. The van der Waals surface area contributed by atoms with Gasteiger partial charge in [0.25, 0.3) is 0 Å². The zero-order chi connectivity index (χ0) is 41.2. The Bertz CT molecular complexity index is 3290. The Kier molecular flexibility index (Phi) is 9.57. The molecule has 0 aliphatic carbocycles. The molecule has 0 saturated carbocycles. The van der Waals surface area contributed by atoms with E-state index in [4.69, 9.17) is 0 Å². The summed E-state index contributed by atoms with van der Waals surface area (Å²) in [6.45, 7) is 0. The summed E-state index contributed by atoms with van der Waals surface area (Å²) in [7, 11) is 0. The number of hydrogen-bond donors (Lipinski definition) is 0. The third-order valence-electron chi connectivity index (χ3n) is 12.0.